The summed E-state index contributed by atoms with van der Waals surface area (Å²) in [5.74, 6) is 6.86. The molecule has 7 fully saturated rings. The van der Waals surface area contributed by atoms with E-state index in [4.69, 9.17) is 5.53 Å². The molecule has 7 aliphatic rings. The largest absolute Gasteiger partial charge is 0.0903 e. The highest BCUT2D eigenvalue weighted by atomic mass is 15.2. The molecule has 5 unspecified atom stereocenters. The Morgan fingerprint density at radius 2 is 1.63 bits per heavy atom. The quantitative estimate of drug-likeness (QED) is 0.400. The van der Waals surface area contributed by atoms with Crippen LogP contribution in [-0.2, 0) is 0 Å². The Bertz CT molecular complexity index is 456. The Labute approximate surface area is 114 Å². The van der Waals surface area contributed by atoms with Crippen molar-refractivity contribution in [2.45, 2.75) is 51.5 Å². The minimum Gasteiger partial charge on any atom is -0.0903 e. The Balaban J connectivity index is 1.67. The molecule has 0 radical (unpaired) electrons. The first-order valence-corrected chi connectivity index (χ1v) is 8.28. The Morgan fingerprint density at radius 3 is 2.26 bits per heavy atom. The van der Waals surface area contributed by atoms with Crippen LogP contribution in [0.3, 0.4) is 0 Å². The fourth-order valence-corrected chi connectivity index (χ4v) is 8.00. The molecule has 0 saturated heterocycles. The summed E-state index contributed by atoms with van der Waals surface area (Å²) in [6.45, 7) is 2.23. The summed E-state index contributed by atoms with van der Waals surface area (Å²) in [4.78, 5) is 3.18. The van der Waals surface area contributed by atoms with Gasteiger partial charge in [0.1, 0.15) is 0 Å². The maximum atomic E-state index is 8.92. The molecule has 3 nitrogen and oxygen atoms in total. The maximum Gasteiger partial charge on any atom is 0.0407 e. The first-order chi connectivity index (χ1) is 9.24. The number of nitrogens with zero attached hydrogens (tertiary/aromatic N) is 3. The number of rotatable bonds is 2. The molecule has 3 heteroatoms. The van der Waals surface area contributed by atoms with E-state index in [1.54, 1.807) is 6.42 Å². The summed E-state index contributed by atoms with van der Waals surface area (Å²) in [6.07, 6.45) is 8.87. The Kier molecular flexibility index (Phi) is 1.92. The predicted molar refractivity (Wildman–Crippen MR) is 73.2 cm³/mol. The van der Waals surface area contributed by atoms with Crippen LogP contribution in [0.2, 0.25) is 0 Å². The molecular weight excluding hydrogens is 234 g/mol. The van der Waals surface area contributed by atoms with Gasteiger partial charge in [0.2, 0.25) is 0 Å². The second kappa shape index (κ2) is 3.31. The lowest BCUT2D eigenvalue weighted by Crippen LogP contribution is -2.70. The molecule has 0 N–H and O–H groups in total. The fourth-order valence-electron chi connectivity index (χ4n) is 8.00. The van der Waals surface area contributed by atoms with Gasteiger partial charge in [0.05, 0.1) is 0 Å². The Hall–Kier alpha value is -0.690. The van der Waals surface area contributed by atoms with Gasteiger partial charge in [0.25, 0.3) is 0 Å². The van der Waals surface area contributed by atoms with Crippen molar-refractivity contribution in [3.8, 4) is 0 Å². The van der Waals surface area contributed by atoms with Crippen LogP contribution in [-0.4, -0.2) is 6.04 Å². The van der Waals surface area contributed by atoms with Crippen molar-refractivity contribution in [2.75, 3.05) is 0 Å². The minimum atomic E-state index is 0.237. The third kappa shape index (κ3) is 1.08. The maximum absolute atomic E-state index is 8.92. The minimum absolute atomic E-state index is 0.237. The second-order valence-corrected chi connectivity index (χ2v) is 8.31. The average Bonchev–Trinajstić information content (AvgIpc) is 2.44. The zero-order chi connectivity index (χ0) is 12.8. The number of hydrogen-bond acceptors (Lipinski definition) is 1. The molecule has 0 amide bonds. The monoisotopic (exact) mass is 257 g/mol. The molecule has 0 aromatic rings. The molecule has 0 spiro atoms. The second-order valence-electron chi connectivity index (χ2n) is 8.31. The summed E-state index contributed by atoms with van der Waals surface area (Å²) in [6, 6.07) is 0.237. The van der Waals surface area contributed by atoms with Gasteiger partial charge in [-0.05, 0) is 90.9 Å². The summed E-state index contributed by atoms with van der Waals surface area (Å²) in [7, 11) is 0. The van der Waals surface area contributed by atoms with E-state index >= 15 is 0 Å². The first kappa shape index (κ1) is 11.0. The van der Waals surface area contributed by atoms with Gasteiger partial charge in [0, 0.05) is 11.0 Å². The third-order valence-corrected chi connectivity index (χ3v) is 8.15. The van der Waals surface area contributed by atoms with Crippen LogP contribution in [0.5, 0.6) is 0 Å². The summed E-state index contributed by atoms with van der Waals surface area (Å²) < 4.78 is 0. The third-order valence-electron chi connectivity index (χ3n) is 8.15. The van der Waals surface area contributed by atoms with Crippen molar-refractivity contribution in [1.29, 1.82) is 0 Å². The van der Waals surface area contributed by atoms with Crippen LogP contribution in [0.15, 0.2) is 5.11 Å². The van der Waals surface area contributed by atoms with E-state index < -0.39 is 0 Å². The van der Waals surface area contributed by atoms with Gasteiger partial charge < -0.3 is 0 Å². The zero-order valence-corrected chi connectivity index (χ0v) is 11.7. The van der Waals surface area contributed by atoms with E-state index in [2.05, 4.69) is 16.9 Å². The van der Waals surface area contributed by atoms with Crippen LogP contribution in [0.1, 0.15) is 45.4 Å². The summed E-state index contributed by atoms with van der Waals surface area (Å²) in [5, 5.41) is 4.22. The van der Waals surface area contributed by atoms with Gasteiger partial charge in [-0.1, -0.05) is 12.0 Å². The summed E-state index contributed by atoms with van der Waals surface area (Å²) in [5.41, 5.74) is 9.33. The highest BCUT2D eigenvalue weighted by molar-refractivity contribution is 5.20. The molecule has 7 rings (SSSR count). The molecule has 102 valence electrons. The van der Waals surface area contributed by atoms with Gasteiger partial charge in [-0.2, -0.15) is 0 Å². The van der Waals surface area contributed by atoms with E-state index in [9.17, 15) is 0 Å². The number of azide groups is 1. The lowest BCUT2D eigenvalue weighted by molar-refractivity contribution is -0.261. The molecule has 0 heterocycles. The lowest BCUT2D eigenvalue weighted by atomic mass is 9.30. The van der Waals surface area contributed by atoms with Gasteiger partial charge in [-0.15, -0.1) is 0 Å². The van der Waals surface area contributed by atoms with Crippen molar-refractivity contribution >= 4 is 0 Å². The molecule has 8 bridgehead atoms. The molecule has 0 aromatic heterocycles. The highest BCUT2D eigenvalue weighted by Crippen LogP contribution is 2.76. The fraction of sp³-hybridized carbons (Fsp3) is 1.00. The Morgan fingerprint density at radius 1 is 1.00 bits per heavy atom. The average molecular weight is 257 g/mol. The molecule has 5 atom stereocenters. The van der Waals surface area contributed by atoms with E-state index in [-0.39, 0.29) is 6.04 Å². The molecular formula is C16H23N3. The van der Waals surface area contributed by atoms with E-state index in [0.717, 1.165) is 41.4 Å². The van der Waals surface area contributed by atoms with E-state index in [0.29, 0.717) is 5.41 Å². The number of hydrogen-bond donors (Lipinski definition) is 0. The normalized spacial score (nSPS) is 61.2. The van der Waals surface area contributed by atoms with Crippen molar-refractivity contribution in [3.05, 3.63) is 10.4 Å². The topological polar surface area (TPSA) is 48.8 Å². The van der Waals surface area contributed by atoms with Gasteiger partial charge >= 0.3 is 0 Å². The van der Waals surface area contributed by atoms with E-state index in [1.165, 1.54) is 32.1 Å². The molecule has 7 aliphatic carbocycles. The predicted octanol–water partition coefficient (Wildman–Crippen LogP) is 4.39. The SMILES string of the molecule is CC(N=[N+]=[N-])C12CC3CC4C5CC(CC41)CC2C5C3. The smallest absolute Gasteiger partial charge is 0.0407 e. The first-order valence-electron chi connectivity index (χ1n) is 8.28. The van der Waals surface area contributed by atoms with E-state index in [1.807, 2.05) is 0 Å². The molecule has 0 aromatic carbocycles. The lowest BCUT2D eigenvalue weighted by Gasteiger charge is -2.75. The molecule has 0 aliphatic heterocycles. The molecule has 19 heavy (non-hydrogen) atoms. The van der Waals surface area contributed by atoms with Crippen LogP contribution >= 0.6 is 0 Å². The van der Waals surface area contributed by atoms with Crippen LogP contribution in [0.4, 0.5) is 0 Å². The molecule has 7 saturated carbocycles. The van der Waals surface area contributed by atoms with Crippen molar-refractivity contribution in [2.24, 2.45) is 52.0 Å². The highest BCUT2D eigenvalue weighted by Gasteiger charge is 2.70. The summed E-state index contributed by atoms with van der Waals surface area (Å²) >= 11 is 0. The van der Waals surface area contributed by atoms with Crippen LogP contribution < -0.4 is 0 Å². The standard InChI is InChI=1S/C16H23N3/c1-8(18-19-17)16-7-10-3-12-11-2-9(5-14(12)16)6-15(16)13(11)4-10/h8-15H,2-7H2,1H3. The van der Waals surface area contributed by atoms with Gasteiger partial charge in [0.15, 0.2) is 0 Å². The van der Waals surface area contributed by atoms with Crippen molar-refractivity contribution in [3.63, 3.8) is 0 Å². The zero-order valence-electron chi connectivity index (χ0n) is 11.7. The van der Waals surface area contributed by atoms with Gasteiger partial charge in [-0.25, -0.2) is 0 Å². The van der Waals surface area contributed by atoms with Crippen LogP contribution in [0.25, 0.3) is 10.4 Å². The van der Waals surface area contributed by atoms with Gasteiger partial charge in [-0.3, -0.25) is 0 Å². The van der Waals surface area contributed by atoms with Crippen LogP contribution in [0, 0.1) is 46.8 Å². The van der Waals surface area contributed by atoms with Crippen molar-refractivity contribution in [1.82, 2.24) is 0 Å². The van der Waals surface area contributed by atoms with Crippen molar-refractivity contribution < 1.29 is 0 Å².